The van der Waals surface area contributed by atoms with E-state index < -0.39 is 0 Å². The van der Waals surface area contributed by atoms with E-state index in [0.717, 1.165) is 5.76 Å². The number of rotatable bonds is 7. The zero-order valence-electron chi connectivity index (χ0n) is 9.19. The normalized spacial score (nSPS) is 9.56. The summed E-state index contributed by atoms with van der Waals surface area (Å²) in [4.78, 5) is 11.2. The highest BCUT2D eigenvalue weighted by Gasteiger charge is 2.01. The van der Waals surface area contributed by atoms with Crippen LogP contribution >= 0.6 is 12.4 Å². The molecule has 0 aromatic carbocycles. The first kappa shape index (κ1) is 15.0. The summed E-state index contributed by atoms with van der Waals surface area (Å²) in [6.07, 6.45) is 1.58. The molecule has 0 saturated carbocycles. The third kappa shape index (κ3) is 6.44. The molecule has 1 rings (SSSR count). The van der Waals surface area contributed by atoms with Crippen molar-refractivity contribution >= 4 is 18.3 Å². The minimum atomic E-state index is -0.0532. The van der Waals surface area contributed by atoms with Crippen LogP contribution in [0.25, 0.3) is 0 Å². The van der Waals surface area contributed by atoms with E-state index in [9.17, 15) is 4.79 Å². The van der Waals surface area contributed by atoms with Gasteiger partial charge in [0.05, 0.1) is 26.0 Å². The molecule has 0 aliphatic carbocycles. The van der Waals surface area contributed by atoms with Gasteiger partial charge in [-0.15, -0.1) is 12.4 Å². The van der Waals surface area contributed by atoms with Crippen LogP contribution in [0.1, 0.15) is 5.76 Å². The SMILES string of the molecule is COCCNCC(=O)NCc1ccco1.Cl. The number of furan rings is 1. The molecular weight excluding hydrogens is 232 g/mol. The van der Waals surface area contributed by atoms with E-state index in [1.807, 2.05) is 6.07 Å². The second kappa shape index (κ2) is 9.21. The van der Waals surface area contributed by atoms with E-state index in [4.69, 9.17) is 9.15 Å². The molecule has 0 radical (unpaired) electrons. The second-order valence-electron chi connectivity index (χ2n) is 3.03. The number of carbonyl (C=O) groups is 1. The predicted octanol–water partition coefficient (Wildman–Crippen LogP) is 0.554. The van der Waals surface area contributed by atoms with E-state index in [0.29, 0.717) is 26.2 Å². The number of hydrogen-bond acceptors (Lipinski definition) is 4. The number of hydrogen-bond donors (Lipinski definition) is 2. The van der Waals surface area contributed by atoms with Crippen molar-refractivity contribution in [2.45, 2.75) is 6.54 Å². The summed E-state index contributed by atoms with van der Waals surface area (Å²) in [5.41, 5.74) is 0. The van der Waals surface area contributed by atoms with Crippen LogP contribution in [0.15, 0.2) is 22.8 Å². The molecule has 0 aliphatic rings. The number of halogens is 1. The Morgan fingerprint density at radius 2 is 2.38 bits per heavy atom. The van der Waals surface area contributed by atoms with Crippen LogP contribution in [-0.2, 0) is 16.1 Å². The van der Waals surface area contributed by atoms with Gasteiger partial charge in [0.15, 0.2) is 0 Å². The van der Waals surface area contributed by atoms with Gasteiger partial charge in [-0.2, -0.15) is 0 Å². The zero-order chi connectivity index (χ0) is 10.9. The van der Waals surface area contributed by atoms with Crippen LogP contribution in [0.2, 0.25) is 0 Å². The minimum Gasteiger partial charge on any atom is -0.467 e. The number of methoxy groups -OCH3 is 1. The maximum atomic E-state index is 11.2. The van der Waals surface area contributed by atoms with Crippen LogP contribution < -0.4 is 10.6 Å². The van der Waals surface area contributed by atoms with Crippen LogP contribution in [0.5, 0.6) is 0 Å². The Kier molecular flexibility index (Phi) is 8.61. The monoisotopic (exact) mass is 248 g/mol. The molecule has 16 heavy (non-hydrogen) atoms. The highest BCUT2D eigenvalue weighted by Crippen LogP contribution is 1.97. The first-order valence-electron chi connectivity index (χ1n) is 4.81. The summed E-state index contributed by atoms with van der Waals surface area (Å²) >= 11 is 0. The maximum Gasteiger partial charge on any atom is 0.234 e. The summed E-state index contributed by atoms with van der Waals surface area (Å²) in [7, 11) is 1.62. The van der Waals surface area contributed by atoms with Crippen LogP contribution in [-0.4, -0.2) is 32.7 Å². The average molecular weight is 249 g/mol. The third-order valence-electron chi connectivity index (χ3n) is 1.81. The predicted molar refractivity (Wildman–Crippen MR) is 62.5 cm³/mol. The van der Waals surface area contributed by atoms with Crippen molar-refractivity contribution in [3.05, 3.63) is 24.2 Å². The van der Waals surface area contributed by atoms with Crippen molar-refractivity contribution in [3.8, 4) is 0 Å². The number of ether oxygens (including phenoxy) is 1. The quantitative estimate of drug-likeness (QED) is 0.692. The summed E-state index contributed by atoms with van der Waals surface area (Å²) in [5.74, 6) is 0.697. The van der Waals surface area contributed by atoms with Gasteiger partial charge in [0.1, 0.15) is 5.76 Å². The van der Waals surface area contributed by atoms with Crippen LogP contribution in [0, 0.1) is 0 Å². The van der Waals surface area contributed by atoms with Crippen molar-refractivity contribution in [1.82, 2.24) is 10.6 Å². The Morgan fingerprint density at radius 1 is 1.56 bits per heavy atom. The first-order valence-corrected chi connectivity index (χ1v) is 4.81. The van der Waals surface area contributed by atoms with Gasteiger partial charge in [-0.1, -0.05) is 0 Å². The van der Waals surface area contributed by atoms with Crippen molar-refractivity contribution in [1.29, 1.82) is 0 Å². The molecule has 0 atom stereocenters. The van der Waals surface area contributed by atoms with E-state index in [1.165, 1.54) is 0 Å². The Labute approximate surface area is 101 Å². The van der Waals surface area contributed by atoms with Crippen molar-refractivity contribution in [2.75, 3.05) is 26.8 Å². The molecule has 0 spiro atoms. The molecule has 0 unspecified atom stereocenters. The Balaban J connectivity index is 0.00000225. The molecule has 1 heterocycles. The molecule has 0 aliphatic heterocycles. The Morgan fingerprint density at radius 3 is 3.00 bits per heavy atom. The number of amides is 1. The standard InChI is InChI=1S/C10H16N2O3.ClH/c1-14-6-4-11-8-10(13)12-7-9-3-2-5-15-9;/h2-3,5,11H,4,6-8H2,1H3,(H,12,13);1H. The fraction of sp³-hybridized carbons (Fsp3) is 0.500. The molecule has 1 aromatic heterocycles. The van der Waals surface area contributed by atoms with Gasteiger partial charge in [-0.25, -0.2) is 0 Å². The number of nitrogens with one attached hydrogen (secondary N) is 2. The molecular formula is C10H17ClN2O3. The lowest BCUT2D eigenvalue weighted by Crippen LogP contribution is -2.34. The summed E-state index contributed by atoms with van der Waals surface area (Å²) in [5, 5.41) is 5.67. The van der Waals surface area contributed by atoms with E-state index in [-0.39, 0.29) is 18.3 Å². The second-order valence-corrected chi connectivity index (χ2v) is 3.03. The molecule has 0 fully saturated rings. The first-order chi connectivity index (χ1) is 7.33. The van der Waals surface area contributed by atoms with Gasteiger partial charge < -0.3 is 19.8 Å². The van der Waals surface area contributed by atoms with Gasteiger partial charge in [0.2, 0.25) is 5.91 Å². The lowest BCUT2D eigenvalue weighted by Gasteiger charge is -2.04. The summed E-state index contributed by atoms with van der Waals surface area (Å²) < 4.78 is 9.91. The van der Waals surface area contributed by atoms with Crippen LogP contribution in [0.3, 0.4) is 0 Å². The molecule has 1 amide bonds. The third-order valence-corrected chi connectivity index (χ3v) is 1.81. The molecule has 5 nitrogen and oxygen atoms in total. The minimum absolute atomic E-state index is 0. The molecule has 0 saturated heterocycles. The Hall–Kier alpha value is -1.04. The van der Waals surface area contributed by atoms with Gasteiger partial charge in [-0.05, 0) is 12.1 Å². The van der Waals surface area contributed by atoms with E-state index in [1.54, 1.807) is 19.4 Å². The van der Waals surface area contributed by atoms with Gasteiger partial charge in [0, 0.05) is 13.7 Å². The fourth-order valence-corrected chi connectivity index (χ4v) is 1.04. The van der Waals surface area contributed by atoms with Crippen molar-refractivity contribution in [2.24, 2.45) is 0 Å². The molecule has 6 heteroatoms. The lowest BCUT2D eigenvalue weighted by atomic mass is 10.4. The van der Waals surface area contributed by atoms with E-state index >= 15 is 0 Å². The smallest absolute Gasteiger partial charge is 0.234 e. The average Bonchev–Trinajstić information content (AvgIpc) is 2.74. The molecule has 92 valence electrons. The molecule has 0 bridgehead atoms. The lowest BCUT2D eigenvalue weighted by molar-refractivity contribution is -0.120. The highest BCUT2D eigenvalue weighted by molar-refractivity contribution is 5.85. The van der Waals surface area contributed by atoms with Gasteiger partial charge >= 0.3 is 0 Å². The Bertz CT molecular complexity index is 278. The van der Waals surface area contributed by atoms with Gasteiger partial charge in [0.25, 0.3) is 0 Å². The largest absolute Gasteiger partial charge is 0.467 e. The highest BCUT2D eigenvalue weighted by atomic mass is 35.5. The number of carbonyl (C=O) groups excluding carboxylic acids is 1. The van der Waals surface area contributed by atoms with Crippen molar-refractivity contribution < 1.29 is 13.9 Å². The zero-order valence-corrected chi connectivity index (χ0v) is 10.0. The fourth-order valence-electron chi connectivity index (χ4n) is 1.04. The van der Waals surface area contributed by atoms with E-state index in [2.05, 4.69) is 10.6 Å². The maximum absolute atomic E-state index is 11.2. The van der Waals surface area contributed by atoms with Gasteiger partial charge in [-0.3, -0.25) is 4.79 Å². The van der Waals surface area contributed by atoms with Crippen LogP contribution in [0.4, 0.5) is 0 Å². The summed E-state index contributed by atoms with van der Waals surface area (Å²) in [6, 6.07) is 3.61. The topological polar surface area (TPSA) is 63.5 Å². The van der Waals surface area contributed by atoms with Crippen molar-refractivity contribution in [3.63, 3.8) is 0 Å². The molecule has 2 N–H and O–H groups in total. The molecule has 1 aromatic rings. The summed E-state index contributed by atoms with van der Waals surface area (Å²) in [6.45, 7) is 2.00.